The minimum Gasteiger partial charge on any atom is -0.478 e. The van der Waals surface area contributed by atoms with Gasteiger partial charge in [-0.05, 0) is 152 Å². The van der Waals surface area contributed by atoms with Gasteiger partial charge >= 0.3 is 5.97 Å². The Balaban J connectivity index is 0.000000127. The standard InChI is InChI=1S/C18H22O2.C12H11NO3.C12H13NO.C12H12O.C6H8O2.C5H9ClO/c1-18(2,3)16(19)10-11-7-8-13-12-5-4-6-14(12)17(20)15(13)9-11;14-12-10-3-1-2-8(10)9-5-4-7(13(15)16)6-11(9)12;13-7-4-5-9-8-2-1-3-10(8)12(14)11(9)6-7;13-12-10-5-2-1-4-8(10)9-6-3-7-11(9)12;7-6(8)5-3-1-2-4-5;1-5(2,3)4(6)7/h7-9,12,14H,4-6,10H2,1-3H3;4-6,8,10H,1-3H2;4-6,8,10H,1-3,13H2;1-2,4-5,9,11H,3,6-7H2;3H,1-2,4H2,(H,7,8);1-3H3. The Bertz CT molecular complexity index is 3070. The van der Waals surface area contributed by atoms with Crippen LogP contribution in [0.2, 0.25) is 0 Å². The van der Waals surface area contributed by atoms with E-state index in [0.717, 1.165) is 92.0 Å². The van der Waals surface area contributed by atoms with Gasteiger partial charge in [0, 0.05) is 86.6 Å². The topological polar surface area (TPSA) is 209 Å². The number of nitrogen functional groups attached to an aromatic ring is 1. The molecule has 4 aromatic carbocycles. The van der Waals surface area contributed by atoms with Crippen LogP contribution < -0.4 is 5.73 Å². The summed E-state index contributed by atoms with van der Waals surface area (Å²) >= 11 is 5.11. The summed E-state index contributed by atoms with van der Waals surface area (Å²) < 4.78 is 0. The number of halogens is 1. The maximum atomic E-state index is 12.4. The molecule has 4 fully saturated rings. The number of carbonyl (C=O) groups is 7. The van der Waals surface area contributed by atoms with Crippen LogP contribution in [0, 0.1) is 44.6 Å². The second-order valence-corrected chi connectivity index (χ2v) is 25.1. The molecule has 0 bridgehead atoms. The summed E-state index contributed by atoms with van der Waals surface area (Å²) in [5.41, 5.74) is 15.5. The van der Waals surface area contributed by atoms with E-state index in [1.54, 1.807) is 32.9 Å². The zero-order valence-corrected chi connectivity index (χ0v) is 46.8. The van der Waals surface area contributed by atoms with Crippen LogP contribution in [-0.4, -0.2) is 50.2 Å². The molecule has 3 N–H and O–H groups in total. The largest absolute Gasteiger partial charge is 0.478 e. The molecule has 0 amide bonds. The predicted molar refractivity (Wildman–Crippen MR) is 303 cm³/mol. The van der Waals surface area contributed by atoms with E-state index in [1.165, 1.54) is 60.9 Å². The first-order chi connectivity index (χ1) is 37.0. The lowest BCUT2D eigenvalue weighted by Gasteiger charge is -2.16. The number of nitro groups is 1. The third-order valence-corrected chi connectivity index (χ3v) is 18.1. The van der Waals surface area contributed by atoms with E-state index in [-0.39, 0.29) is 51.1 Å². The summed E-state index contributed by atoms with van der Waals surface area (Å²) in [6, 6.07) is 24.7. The van der Waals surface area contributed by atoms with E-state index in [2.05, 4.69) is 12.1 Å². The zero-order valence-electron chi connectivity index (χ0n) is 46.0. The zero-order chi connectivity index (χ0) is 56.4. The summed E-state index contributed by atoms with van der Waals surface area (Å²) in [6.07, 6.45) is 18.4. The van der Waals surface area contributed by atoms with E-state index in [1.807, 2.05) is 69.3 Å². The molecular formula is C65H75ClN2O10. The number of non-ortho nitro benzene ring substituents is 1. The smallest absolute Gasteiger partial charge is 0.331 e. The number of nitrogens with zero attached hydrogens (tertiary/aromatic N) is 1. The van der Waals surface area contributed by atoms with Crippen molar-refractivity contribution in [3.05, 3.63) is 151 Å². The van der Waals surface area contributed by atoms with Gasteiger partial charge in [0.15, 0.2) is 23.1 Å². The molecule has 0 radical (unpaired) electrons. The molecular weight excluding hydrogens is 1000 g/mol. The minimum absolute atomic E-state index is 0.0204. The molecule has 0 saturated heterocycles. The highest BCUT2D eigenvalue weighted by molar-refractivity contribution is 6.64. The van der Waals surface area contributed by atoms with E-state index in [0.29, 0.717) is 70.2 Å². The number of carboxylic acid groups (broad SMARTS) is 1. The van der Waals surface area contributed by atoms with E-state index < -0.39 is 10.9 Å². The number of ketones is 5. The second-order valence-electron chi connectivity index (χ2n) is 24.7. The molecule has 4 saturated carbocycles. The Hall–Kier alpha value is -6.40. The number of Topliss-reactive ketones (excluding diaryl/α,β-unsaturated/α-hetero) is 5. The van der Waals surface area contributed by atoms with Gasteiger partial charge in [0.1, 0.15) is 5.78 Å². The van der Waals surface area contributed by atoms with Gasteiger partial charge in [-0.1, -0.05) is 122 Å². The molecule has 8 atom stereocenters. The quantitative estimate of drug-likeness (QED) is 0.0850. The fourth-order valence-electron chi connectivity index (χ4n) is 13.3. The first-order valence-corrected chi connectivity index (χ1v) is 28.6. The molecule has 412 valence electrons. The highest BCUT2D eigenvalue weighted by Crippen LogP contribution is 2.51. The number of hydrogen-bond acceptors (Lipinski definition) is 10. The molecule has 9 aliphatic rings. The van der Waals surface area contributed by atoms with Crippen LogP contribution in [0.4, 0.5) is 11.4 Å². The maximum Gasteiger partial charge on any atom is 0.331 e. The van der Waals surface area contributed by atoms with Gasteiger partial charge < -0.3 is 10.8 Å². The van der Waals surface area contributed by atoms with Crippen LogP contribution >= 0.6 is 11.6 Å². The monoisotopic (exact) mass is 1080 g/mol. The fraction of sp³-hybridized carbons (Fsp3) is 0.492. The molecule has 0 aliphatic heterocycles. The predicted octanol–water partition coefficient (Wildman–Crippen LogP) is 14.7. The normalized spacial score (nSPS) is 24.9. The Morgan fingerprint density at radius 3 is 1.40 bits per heavy atom. The molecule has 78 heavy (non-hydrogen) atoms. The van der Waals surface area contributed by atoms with Gasteiger partial charge in [0.05, 0.1) is 4.92 Å². The summed E-state index contributed by atoms with van der Waals surface area (Å²) in [6.45, 7) is 11.2. The first kappa shape index (κ1) is 57.8. The van der Waals surface area contributed by atoms with Crippen molar-refractivity contribution in [1.29, 1.82) is 0 Å². The number of rotatable bonds is 4. The Labute approximate surface area is 463 Å². The summed E-state index contributed by atoms with van der Waals surface area (Å²) in [4.78, 5) is 91.0. The molecule has 0 spiro atoms. The highest BCUT2D eigenvalue weighted by atomic mass is 35.5. The molecule has 0 heterocycles. The number of nitrogens with two attached hydrogens (primary N) is 1. The van der Waals surface area contributed by atoms with Crippen LogP contribution in [0.3, 0.4) is 0 Å². The SMILES string of the molecule is CC(C)(C)C(=O)Cc1ccc2c(c1)C(=O)C1CCCC21.CC(C)(C)C(=O)Cl.Nc1ccc2c(c1)C(=O)C1CCCC21.O=C(O)C1=CCCC1.O=C1c2cc([N+](=O)[O-])ccc2C2CCCC12.O=C1c2ccccc2C2CCCC12. The Morgan fingerprint density at radius 1 is 0.564 bits per heavy atom. The third kappa shape index (κ3) is 12.4. The summed E-state index contributed by atoms with van der Waals surface area (Å²) in [7, 11) is 0. The van der Waals surface area contributed by atoms with Crippen LogP contribution in [0.5, 0.6) is 0 Å². The number of carbonyl (C=O) groups excluding carboxylic acids is 6. The average Bonchev–Trinajstić information content (AvgIpc) is 4.33. The Kier molecular flexibility index (Phi) is 17.7. The van der Waals surface area contributed by atoms with Crippen LogP contribution in [0.15, 0.2) is 90.5 Å². The van der Waals surface area contributed by atoms with Gasteiger partial charge in [-0.3, -0.25) is 38.9 Å². The van der Waals surface area contributed by atoms with Gasteiger partial charge in [-0.15, -0.1) is 0 Å². The molecule has 9 aliphatic carbocycles. The first-order valence-electron chi connectivity index (χ1n) is 28.2. The lowest BCUT2D eigenvalue weighted by Crippen LogP contribution is -2.22. The lowest BCUT2D eigenvalue weighted by atomic mass is 9.86. The number of fused-ring (bicyclic) bond motifs is 12. The van der Waals surface area contributed by atoms with Crippen molar-refractivity contribution >= 4 is 63.1 Å². The van der Waals surface area contributed by atoms with Crippen LogP contribution in [-0.2, 0) is 20.8 Å². The fourth-order valence-corrected chi connectivity index (χ4v) is 13.3. The molecule has 8 unspecified atom stereocenters. The number of allylic oxidation sites excluding steroid dienone is 1. The van der Waals surface area contributed by atoms with Crippen molar-refractivity contribution in [2.45, 2.75) is 168 Å². The van der Waals surface area contributed by atoms with Crippen molar-refractivity contribution in [3.63, 3.8) is 0 Å². The maximum absolute atomic E-state index is 12.4. The van der Waals surface area contributed by atoms with Crippen LogP contribution in [0.1, 0.15) is 231 Å². The number of carboxylic acids is 1. The highest BCUT2D eigenvalue weighted by Gasteiger charge is 2.45. The van der Waals surface area contributed by atoms with E-state index in [4.69, 9.17) is 22.4 Å². The number of nitro benzene ring substituents is 1. The number of hydrogen-bond donors (Lipinski definition) is 2. The van der Waals surface area contributed by atoms with Gasteiger partial charge in [0.2, 0.25) is 5.24 Å². The summed E-state index contributed by atoms with van der Waals surface area (Å²) in [5.74, 6) is 3.38. The molecule has 13 heteroatoms. The number of benzene rings is 4. The molecule has 0 aromatic heterocycles. The number of anilines is 1. The lowest BCUT2D eigenvalue weighted by molar-refractivity contribution is -0.384. The Morgan fingerprint density at radius 2 is 0.974 bits per heavy atom. The van der Waals surface area contributed by atoms with E-state index in [9.17, 15) is 43.7 Å². The third-order valence-electron chi connectivity index (χ3n) is 17.6. The molecule has 13 rings (SSSR count). The van der Waals surface area contributed by atoms with Crippen molar-refractivity contribution < 1.29 is 43.6 Å². The van der Waals surface area contributed by atoms with Gasteiger partial charge in [-0.2, -0.15) is 0 Å². The van der Waals surface area contributed by atoms with Crippen molar-refractivity contribution in [2.75, 3.05) is 5.73 Å². The molecule has 4 aromatic rings. The van der Waals surface area contributed by atoms with Crippen molar-refractivity contribution in [3.8, 4) is 0 Å². The minimum atomic E-state index is -0.748. The summed E-state index contributed by atoms with van der Waals surface area (Å²) in [5, 5.41) is 18.7. The van der Waals surface area contributed by atoms with Crippen molar-refractivity contribution in [1.82, 2.24) is 0 Å². The van der Waals surface area contributed by atoms with E-state index >= 15 is 0 Å². The number of aliphatic carboxylic acids is 1. The second kappa shape index (κ2) is 23.9. The van der Waals surface area contributed by atoms with Crippen LogP contribution in [0.25, 0.3) is 0 Å². The average molecular weight is 1080 g/mol. The van der Waals surface area contributed by atoms with Crippen molar-refractivity contribution in [2.24, 2.45) is 34.5 Å². The molecule has 12 nitrogen and oxygen atoms in total. The van der Waals surface area contributed by atoms with Gasteiger partial charge in [0.25, 0.3) is 5.69 Å². The van der Waals surface area contributed by atoms with Gasteiger partial charge in [-0.25, -0.2) is 4.79 Å².